The summed E-state index contributed by atoms with van der Waals surface area (Å²) in [6, 6.07) is 19.6. The van der Waals surface area contributed by atoms with Gasteiger partial charge in [-0.05, 0) is 19.8 Å². The van der Waals surface area contributed by atoms with Gasteiger partial charge in [0.15, 0.2) is 5.69 Å². The quantitative estimate of drug-likeness (QED) is 0.263. The summed E-state index contributed by atoms with van der Waals surface area (Å²) in [5.74, 6) is 0.549. The zero-order valence-electron chi connectivity index (χ0n) is 18.3. The largest absolute Gasteiger partial charge is 0.301 e. The summed E-state index contributed by atoms with van der Waals surface area (Å²) in [5.41, 5.74) is 4.32. The summed E-state index contributed by atoms with van der Waals surface area (Å²) < 4.78 is 1.44. The maximum atomic E-state index is 13.4. The smallest absolute Gasteiger partial charge is 0.286 e. The van der Waals surface area contributed by atoms with E-state index in [1.165, 1.54) is 45.1 Å². The van der Waals surface area contributed by atoms with Crippen molar-refractivity contribution < 1.29 is 0 Å². The molecule has 1 aliphatic rings. The lowest BCUT2D eigenvalue weighted by Gasteiger charge is -1.99. The van der Waals surface area contributed by atoms with Crippen LogP contribution in [0.3, 0.4) is 0 Å². The van der Waals surface area contributed by atoms with Gasteiger partial charge in [-0.25, -0.2) is 9.97 Å². The van der Waals surface area contributed by atoms with E-state index in [1.807, 2.05) is 66.0 Å². The van der Waals surface area contributed by atoms with Crippen LogP contribution >= 0.6 is 22.7 Å². The average Bonchev–Trinajstić information content (AvgIpc) is 3.32. The molecule has 0 spiro atoms. The maximum Gasteiger partial charge on any atom is 0.301 e. The highest BCUT2D eigenvalue weighted by Gasteiger charge is 2.28. The van der Waals surface area contributed by atoms with Crippen LogP contribution in [0.5, 0.6) is 0 Å². The molecule has 0 radical (unpaired) electrons. The van der Waals surface area contributed by atoms with Crippen molar-refractivity contribution in [3.63, 3.8) is 0 Å². The highest BCUT2D eigenvalue weighted by Crippen LogP contribution is 2.44. The normalized spacial score (nSPS) is 13.7. The molecule has 0 unspecified atom stereocenters. The Morgan fingerprint density at radius 1 is 0.971 bits per heavy atom. The number of hydrogen-bond donors (Lipinski definition) is 1. The van der Waals surface area contributed by atoms with E-state index in [9.17, 15) is 4.79 Å². The van der Waals surface area contributed by atoms with Gasteiger partial charge in [0.2, 0.25) is 10.3 Å². The minimum absolute atomic E-state index is 0.239. The van der Waals surface area contributed by atoms with E-state index in [4.69, 9.17) is 0 Å². The van der Waals surface area contributed by atoms with Crippen LogP contribution in [0.4, 0.5) is 10.8 Å². The van der Waals surface area contributed by atoms with E-state index in [0.29, 0.717) is 21.9 Å². The highest BCUT2D eigenvalue weighted by atomic mass is 32.1. The number of H-pyrrole nitrogens is 1. The molecule has 0 amide bonds. The number of aromatic amines is 1. The van der Waals surface area contributed by atoms with Crippen molar-refractivity contribution >= 4 is 33.5 Å². The Balaban J connectivity index is 1.42. The maximum absolute atomic E-state index is 13.4. The Morgan fingerprint density at radius 2 is 1.68 bits per heavy atom. The van der Waals surface area contributed by atoms with Gasteiger partial charge in [-0.2, -0.15) is 4.68 Å². The van der Waals surface area contributed by atoms with Gasteiger partial charge in [-0.1, -0.05) is 72.0 Å². The number of hydrogen-bond acceptors (Lipinski definition) is 7. The third-order valence-electron chi connectivity index (χ3n) is 5.70. The molecule has 9 heteroatoms. The third kappa shape index (κ3) is 3.93. The molecule has 7 nitrogen and oxygen atoms in total. The molecule has 168 valence electrons. The first-order chi connectivity index (χ1) is 16.7. The van der Waals surface area contributed by atoms with E-state index in [2.05, 4.69) is 32.2 Å². The predicted octanol–water partition coefficient (Wildman–Crippen LogP) is 7.01. The number of thiazole rings is 2. The number of rotatable bonds is 6. The van der Waals surface area contributed by atoms with Crippen LogP contribution in [-0.4, -0.2) is 19.7 Å². The van der Waals surface area contributed by atoms with E-state index in [0.717, 1.165) is 22.5 Å². The second-order valence-corrected chi connectivity index (χ2v) is 10.2. The number of azo groups is 1. The first kappa shape index (κ1) is 20.9. The predicted molar refractivity (Wildman–Crippen MR) is 136 cm³/mol. The van der Waals surface area contributed by atoms with Crippen LogP contribution in [0, 0.1) is 6.92 Å². The lowest BCUT2D eigenvalue weighted by atomic mass is 10.1. The number of nitrogens with one attached hydrogen (secondary N) is 1. The number of benzene rings is 2. The third-order valence-corrected chi connectivity index (χ3v) is 7.40. The lowest BCUT2D eigenvalue weighted by Crippen LogP contribution is -2.13. The van der Waals surface area contributed by atoms with Crippen LogP contribution in [-0.2, 0) is 0 Å². The highest BCUT2D eigenvalue weighted by molar-refractivity contribution is 7.15. The Bertz CT molecular complexity index is 1540. The van der Waals surface area contributed by atoms with Crippen molar-refractivity contribution in [3.8, 4) is 27.6 Å². The number of aromatic nitrogens is 4. The second kappa shape index (κ2) is 8.58. The summed E-state index contributed by atoms with van der Waals surface area (Å²) in [5, 5.41) is 15.0. The molecule has 1 aliphatic carbocycles. The second-order valence-electron chi connectivity index (χ2n) is 8.14. The van der Waals surface area contributed by atoms with Crippen LogP contribution < -0.4 is 5.56 Å². The SMILES string of the molecule is Cc1sc(N=Nc2c(-c3ccccc3)[nH]n(-c3nc(-c4ccccc4)cs3)c2=O)nc1C1CC1. The Kier molecular flexibility index (Phi) is 5.27. The molecule has 1 fully saturated rings. The van der Waals surface area contributed by atoms with Gasteiger partial charge >= 0.3 is 5.56 Å². The molecule has 1 saturated carbocycles. The van der Waals surface area contributed by atoms with Crippen molar-refractivity contribution in [2.24, 2.45) is 10.2 Å². The molecule has 0 aliphatic heterocycles. The Morgan fingerprint density at radius 3 is 2.38 bits per heavy atom. The molecule has 0 bridgehead atoms. The van der Waals surface area contributed by atoms with Crippen molar-refractivity contribution in [1.29, 1.82) is 0 Å². The van der Waals surface area contributed by atoms with E-state index in [-0.39, 0.29) is 11.2 Å². The number of nitrogens with zero attached hydrogens (tertiary/aromatic N) is 5. The molecular formula is C25H20N6OS2. The summed E-state index contributed by atoms with van der Waals surface area (Å²) in [7, 11) is 0. The molecule has 0 atom stereocenters. The molecule has 5 aromatic rings. The fourth-order valence-corrected chi connectivity index (χ4v) is 5.44. The van der Waals surface area contributed by atoms with Gasteiger partial charge < -0.3 is 0 Å². The topological polar surface area (TPSA) is 88.3 Å². The summed E-state index contributed by atoms with van der Waals surface area (Å²) >= 11 is 2.91. The summed E-state index contributed by atoms with van der Waals surface area (Å²) in [6.07, 6.45) is 2.36. The summed E-state index contributed by atoms with van der Waals surface area (Å²) in [6.45, 7) is 2.07. The fraction of sp³-hybridized carbons (Fsp3) is 0.160. The standard InChI is InChI=1S/C25H20N6OS2/c1-15-20(18-12-13-18)27-24(34-15)29-28-22-21(17-10-6-3-7-11-17)30-31(23(22)32)25-26-19(14-33-25)16-8-4-2-5-9-16/h2-11,14,18,30H,12-13H2,1H3. The minimum Gasteiger partial charge on any atom is -0.286 e. The van der Waals surface area contributed by atoms with Crippen molar-refractivity contribution in [3.05, 3.63) is 87.0 Å². The van der Waals surface area contributed by atoms with Crippen molar-refractivity contribution in [1.82, 2.24) is 19.7 Å². The van der Waals surface area contributed by atoms with Gasteiger partial charge in [0, 0.05) is 27.3 Å². The minimum atomic E-state index is -0.299. The van der Waals surface area contributed by atoms with Gasteiger partial charge in [-0.3, -0.25) is 9.89 Å². The fourth-order valence-electron chi connectivity index (χ4n) is 3.84. The van der Waals surface area contributed by atoms with Gasteiger partial charge in [-0.15, -0.1) is 21.6 Å². The van der Waals surface area contributed by atoms with E-state index >= 15 is 0 Å². The number of aryl methyl sites for hydroxylation is 1. The van der Waals surface area contributed by atoms with E-state index < -0.39 is 0 Å². The van der Waals surface area contributed by atoms with Gasteiger partial charge in [0.1, 0.15) is 0 Å². The summed E-state index contributed by atoms with van der Waals surface area (Å²) in [4.78, 5) is 24.0. The van der Waals surface area contributed by atoms with Crippen LogP contribution in [0.2, 0.25) is 0 Å². The monoisotopic (exact) mass is 484 g/mol. The molecule has 1 N–H and O–H groups in total. The zero-order chi connectivity index (χ0) is 23.1. The first-order valence-electron chi connectivity index (χ1n) is 11.0. The van der Waals surface area contributed by atoms with Crippen LogP contribution in [0.25, 0.3) is 27.6 Å². The molecular weight excluding hydrogens is 464 g/mol. The lowest BCUT2D eigenvalue weighted by molar-refractivity contribution is 0.843. The van der Waals surface area contributed by atoms with E-state index in [1.54, 1.807) is 0 Å². The van der Waals surface area contributed by atoms with Crippen LogP contribution in [0.1, 0.15) is 29.3 Å². The Labute approximate surface area is 203 Å². The van der Waals surface area contributed by atoms with Gasteiger partial charge in [0.05, 0.1) is 17.1 Å². The van der Waals surface area contributed by atoms with Crippen molar-refractivity contribution in [2.75, 3.05) is 0 Å². The first-order valence-corrected chi connectivity index (χ1v) is 12.7. The molecule has 3 aromatic heterocycles. The van der Waals surface area contributed by atoms with Gasteiger partial charge in [0.25, 0.3) is 0 Å². The molecule has 0 saturated heterocycles. The molecule has 3 heterocycles. The molecule has 2 aromatic carbocycles. The zero-order valence-corrected chi connectivity index (χ0v) is 19.9. The molecule has 6 rings (SSSR count). The van der Waals surface area contributed by atoms with Crippen molar-refractivity contribution in [2.45, 2.75) is 25.7 Å². The molecule has 34 heavy (non-hydrogen) atoms. The Hall–Kier alpha value is -3.69. The van der Waals surface area contributed by atoms with Crippen LogP contribution in [0.15, 0.2) is 81.1 Å². The average molecular weight is 485 g/mol.